The third kappa shape index (κ3) is 5.40. The Labute approximate surface area is 190 Å². The van der Waals surface area contributed by atoms with Gasteiger partial charge in [-0.25, -0.2) is 4.39 Å². The van der Waals surface area contributed by atoms with Gasteiger partial charge >= 0.3 is 0 Å². The molecule has 0 saturated carbocycles. The molecule has 0 atom stereocenters. The van der Waals surface area contributed by atoms with E-state index >= 15 is 0 Å². The minimum absolute atomic E-state index is 0. The van der Waals surface area contributed by atoms with E-state index in [1.165, 1.54) is 23.4 Å². The Morgan fingerprint density at radius 1 is 1.10 bits per heavy atom. The lowest BCUT2D eigenvalue weighted by atomic mass is 10.1. The Morgan fingerprint density at radius 2 is 1.76 bits per heavy atom. The Morgan fingerprint density at radius 3 is 2.31 bits per heavy atom. The number of rotatable bonds is 5. The monoisotopic (exact) mass is 514 g/mol. The van der Waals surface area contributed by atoms with Crippen LogP contribution in [0.1, 0.15) is 30.8 Å². The van der Waals surface area contributed by atoms with Crippen molar-refractivity contribution in [1.29, 1.82) is 0 Å². The molecule has 1 aromatic carbocycles. The Balaban J connectivity index is 0.00000300. The summed E-state index contributed by atoms with van der Waals surface area (Å²) in [6, 6.07) is 6.73. The summed E-state index contributed by atoms with van der Waals surface area (Å²) in [4.78, 5) is 9.06. The molecule has 1 N–H and O–H groups in total. The van der Waals surface area contributed by atoms with Crippen molar-refractivity contribution in [2.45, 2.75) is 33.2 Å². The fraction of sp³-hybridized carbons (Fsp3) is 0.524. The van der Waals surface area contributed by atoms with Crippen molar-refractivity contribution in [2.75, 3.05) is 38.1 Å². The molecule has 0 bridgehead atoms. The van der Waals surface area contributed by atoms with Gasteiger partial charge in [-0.3, -0.25) is 9.67 Å². The number of benzene rings is 1. The molecule has 1 saturated heterocycles. The maximum atomic E-state index is 13.1. The number of nitrogens with zero attached hydrogens (tertiary/aromatic N) is 5. The third-order valence-electron chi connectivity index (χ3n) is 5.43. The summed E-state index contributed by atoms with van der Waals surface area (Å²) >= 11 is 0. The largest absolute Gasteiger partial charge is 0.368 e. The van der Waals surface area contributed by atoms with E-state index in [-0.39, 0.29) is 29.8 Å². The van der Waals surface area contributed by atoms with Gasteiger partial charge in [-0.1, -0.05) is 13.8 Å². The summed E-state index contributed by atoms with van der Waals surface area (Å²) in [5, 5.41) is 8.19. The molecule has 0 radical (unpaired) electrons. The van der Waals surface area contributed by atoms with Gasteiger partial charge in [-0.2, -0.15) is 5.10 Å². The first-order chi connectivity index (χ1) is 13.6. The lowest BCUT2D eigenvalue weighted by molar-refractivity contribution is 0.372. The Bertz CT molecular complexity index is 809. The zero-order chi connectivity index (χ0) is 20.1. The average Bonchev–Trinajstić information content (AvgIpc) is 3.04. The van der Waals surface area contributed by atoms with Crippen molar-refractivity contribution in [3.63, 3.8) is 0 Å². The van der Waals surface area contributed by atoms with Crippen LogP contribution in [-0.4, -0.2) is 53.9 Å². The number of halogens is 2. The maximum Gasteiger partial charge on any atom is 0.194 e. The molecule has 160 valence electrons. The van der Waals surface area contributed by atoms with Crippen molar-refractivity contribution >= 4 is 35.6 Å². The number of hydrogen-bond acceptors (Lipinski definition) is 3. The van der Waals surface area contributed by atoms with Gasteiger partial charge in [0.2, 0.25) is 0 Å². The Hall–Kier alpha value is -1.84. The van der Waals surface area contributed by atoms with Crippen LogP contribution < -0.4 is 10.2 Å². The first-order valence-electron chi connectivity index (χ1n) is 10.1. The van der Waals surface area contributed by atoms with E-state index in [0.29, 0.717) is 0 Å². The van der Waals surface area contributed by atoms with Gasteiger partial charge in [0.25, 0.3) is 0 Å². The number of guanidine groups is 1. The highest BCUT2D eigenvalue weighted by Crippen LogP contribution is 2.18. The zero-order valence-corrected chi connectivity index (χ0v) is 20.1. The molecule has 3 rings (SSSR count). The highest BCUT2D eigenvalue weighted by molar-refractivity contribution is 14.0. The summed E-state index contributed by atoms with van der Waals surface area (Å²) < 4.78 is 15.1. The van der Waals surface area contributed by atoms with Gasteiger partial charge in [0, 0.05) is 63.8 Å². The van der Waals surface area contributed by atoms with Gasteiger partial charge in [0.15, 0.2) is 5.96 Å². The summed E-state index contributed by atoms with van der Waals surface area (Å²) in [5.41, 5.74) is 4.79. The van der Waals surface area contributed by atoms with Gasteiger partial charge < -0.3 is 15.1 Å². The van der Waals surface area contributed by atoms with Crippen LogP contribution in [0.2, 0.25) is 0 Å². The molecular formula is C21H32FIN6. The minimum atomic E-state index is -0.194. The van der Waals surface area contributed by atoms with Crippen molar-refractivity contribution in [3.8, 4) is 0 Å². The topological polar surface area (TPSA) is 48.7 Å². The molecule has 0 aliphatic carbocycles. The standard InChI is InChI=1S/C21H31FN6.HI/c1-5-19-18(20(6-2)26(4)25-19)15-24-21(23-3)28-13-11-27(12-14-28)17-9-7-16(22)8-10-17;/h7-10H,5-6,11-15H2,1-4H3,(H,23,24);1H. The quantitative estimate of drug-likeness (QED) is 0.379. The molecule has 1 aliphatic heterocycles. The first-order valence-corrected chi connectivity index (χ1v) is 10.1. The number of piperazine rings is 1. The predicted octanol–water partition coefficient (Wildman–Crippen LogP) is 3.20. The van der Waals surface area contributed by atoms with Crippen LogP contribution >= 0.6 is 24.0 Å². The van der Waals surface area contributed by atoms with Gasteiger partial charge in [-0.15, -0.1) is 24.0 Å². The highest BCUT2D eigenvalue weighted by atomic mass is 127. The molecule has 2 aromatic rings. The van der Waals surface area contributed by atoms with Crippen LogP contribution in [0.4, 0.5) is 10.1 Å². The number of anilines is 1. The van der Waals surface area contributed by atoms with E-state index in [1.807, 2.05) is 30.9 Å². The third-order valence-corrected chi connectivity index (χ3v) is 5.43. The summed E-state index contributed by atoms with van der Waals surface area (Å²) in [6.45, 7) is 8.60. The SMILES string of the molecule is CCc1nn(C)c(CC)c1CNC(=NC)N1CCN(c2ccc(F)cc2)CC1.I. The van der Waals surface area contributed by atoms with Crippen LogP contribution in [-0.2, 0) is 26.4 Å². The molecule has 0 spiro atoms. The lowest BCUT2D eigenvalue weighted by Gasteiger charge is -2.37. The van der Waals surface area contributed by atoms with E-state index in [4.69, 9.17) is 0 Å². The Kier molecular flexibility index (Phi) is 8.73. The van der Waals surface area contributed by atoms with Crippen molar-refractivity contribution in [1.82, 2.24) is 20.0 Å². The zero-order valence-electron chi connectivity index (χ0n) is 17.8. The van der Waals surface area contributed by atoms with E-state index in [9.17, 15) is 4.39 Å². The summed E-state index contributed by atoms with van der Waals surface area (Å²) in [7, 11) is 3.85. The minimum Gasteiger partial charge on any atom is -0.368 e. The molecule has 8 heteroatoms. The molecule has 1 aliphatic rings. The first kappa shape index (κ1) is 23.4. The van der Waals surface area contributed by atoms with Crippen molar-refractivity contribution in [3.05, 3.63) is 47.0 Å². The van der Waals surface area contributed by atoms with Crippen LogP contribution in [0.5, 0.6) is 0 Å². The van der Waals surface area contributed by atoms with Crippen LogP contribution in [0.25, 0.3) is 0 Å². The molecule has 1 fully saturated rings. The van der Waals surface area contributed by atoms with Gasteiger partial charge in [0.05, 0.1) is 5.69 Å². The second-order valence-corrected chi connectivity index (χ2v) is 7.05. The molecule has 6 nitrogen and oxygen atoms in total. The molecule has 2 heterocycles. The van der Waals surface area contributed by atoms with Crippen LogP contribution in [0, 0.1) is 5.82 Å². The fourth-order valence-electron chi connectivity index (χ4n) is 3.92. The maximum absolute atomic E-state index is 13.1. The number of aryl methyl sites for hydroxylation is 2. The molecule has 29 heavy (non-hydrogen) atoms. The van der Waals surface area contributed by atoms with E-state index < -0.39 is 0 Å². The average molecular weight is 514 g/mol. The van der Waals surface area contributed by atoms with Gasteiger partial charge in [-0.05, 0) is 37.1 Å². The highest BCUT2D eigenvalue weighted by Gasteiger charge is 2.21. The van der Waals surface area contributed by atoms with Gasteiger partial charge in [0.1, 0.15) is 5.82 Å². The van der Waals surface area contributed by atoms with Crippen LogP contribution in [0.3, 0.4) is 0 Å². The second-order valence-electron chi connectivity index (χ2n) is 7.05. The molecule has 0 unspecified atom stereocenters. The van der Waals surface area contributed by atoms with E-state index in [0.717, 1.165) is 62.9 Å². The van der Waals surface area contributed by atoms with E-state index in [2.05, 4.69) is 39.1 Å². The number of nitrogens with one attached hydrogen (secondary N) is 1. The summed E-state index contributed by atoms with van der Waals surface area (Å²) in [5.74, 6) is 0.729. The second kappa shape index (κ2) is 10.8. The summed E-state index contributed by atoms with van der Waals surface area (Å²) in [6.07, 6.45) is 1.90. The molecule has 0 amide bonds. The smallest absolute Gasteiger partial charge is 0.194 e. The van der Waals surface area contributed by atoms with Crippen molar-refractivity contribution < 1.29 is 4.39 Å². The molecule has 1 aromatic heterocycles. The lowest BCUT2D eigenvalue weighted by Crippen LogP contribution is -2.52. The van der Waals surface area contributed by atoms with E-state index in [1.54, 1.807) is 0 Å². The predicted molar refractivity (Wildman–Crippen MR) is 128 cm³/mol. The fourth-order valence-corrected chi connectivity index (χ4v) is 3.92. The normalized spacial score (nSPS) is 14.7. The molecular weight excluding hydrogens is 482 g/mol. The number of aromatic nitrogens is 2. The number of aliphatic imine (C=N–C) groups is 1. The number of hydrogen-bond donors (Lipinski definition) is 1. The van der Waals surface area contributed by atoms with Crippen molar-refractivity contribution in [2.24, 2.45) is 12.0 Å². The van der Waals surface area contributed by atoms with Crippen LogP contribution in [0.15, 0.2) is 29.3 Å².